The fraction of sp³-hybridized carbons (Fsp3) is 0.158. The predicted octanol–water partition coefficient (Wildman–Crippen LogP) is 5.25. The Balaban J connectivity index is 1.91. The van der Waals surface area contributed by atoms with Crippen molar-refractivity contribution in [2.75, 3.05) is 30.9 Å². The van der Waals surface area contributed by atoms with Gasteiger partial charge >= 0.3 is 0 Å². The van der Waals surface area contributed by atoms with E-state index in [0.717, 1.165) is 16.9 Å². The molecular formula is C19H18Cl2N4O. The second kappa shape index (κ2) is 8.85. The average molecular weight is 389 g/mol. The van der Waals surface area contributed by atoms with Crippen molar-refractivity contribution in [3.8, 4) is 11.3 Å². The smallest absolute Gasteiger partial charge is 0.229 e. The number of nitrogens with one attached hydrogen (secondary N) is 2. The number of methoxy groups -OCH3 is 1. The SMILES string of the molecule is COCCNc1cc(-c2ccccc2)nc(Nc2ccc(Cl)c(Cl)c2)n1. The molecule has 7 heteroatoms. The summed E-state index contributed by atoms with van der Waals surface area (Å²) in [5, 5.41) is 7.38. The van der Waals surface area contributed by atoms with Gasteiger partial charge in [0.2, 0.25) is 5.95 Å². The molecule has 0 fully saturated rings. The van der Waals surface area contributed by atoms with Crippen molar-refractivity contribution < 1.29 is 4.74 Å². The lowest BCUT2D eigenvalue weighted by atomic mass is 10.1. The average Bonchev–Trinajstić information content (AvgIpc) is 2.66. The summed E-state index contributed by atoms with van der Waals surface area (Å²) in [5.74, 6) is 1.17. The molecule has 3 rings (SSSR count). The highest BCUT2D eigenvalue weighted by Gasteiger charge is 2.08. The standard InChI is InChI=1S/C19H18Cl2N4O/c1-26-10-9-22-18-12-17(13-5-3-2-4-6-13)24-19(25-18)23-14-7-8-15(20)16(21)11-14/h2-8,11-12H,9-10H2,1H3,(H2,22,23,24,25). The summed E-state index contributed by atoms with van der Waals surface area (Å²) in [6, 6.07) is 17.1. The fourth-order valence-corrected chi connectivity index (χ4v) is 2.63. The summed E-state index contributed by atoms with van der Waals surface area (Å²) in [6.07, 6.45) is 0. The van der Waals surface area contributed by atoms with Gasteiger partial charge in [-0.05, 0) is 18.2 Å². The number of hydrogen-bond acceptors (Lipinski definition) is 5. The van der Waals surface area contributed by atoms with E-state index >= 15 is 0 Å². The van der Waals surface area contributed by atoms with E-state index in [9.17, 15) is 0 Å². The van der Waals surface area contributed by atoms with Crippen LogP contribution < -0.4 is 10.6 Å². The summed E-state index contributed by atoms with van der Waals surface area (Å²) in [6.45, 7) is 1.23. The predicted molar refractivity (Wildman–Crippen MR) is 108 cm³/mol. The molecule has 134 valence electrons. The Morgan fingerprint density at radius 2 is 1.77 bits per heavy atom. The molecule has 3 aromatic rings. The van der Waals surface area contributed by atoms with E-state index in [1.54, 1.807) is 19.2 Å². The summed E-state index contributed by atoms with van der Waals surface area (Å²) in [4.78, 5) is 9.12. The molecule has 1 aromatic heterocycles. The van der Waals surface area contributed by atoms with Crippen LogP contribution in [0.1, 0.15) is 0 Å². The lowest BCUT2D eigenvalue weighted by Crippen LogP contribution is -2.10. The van der Waals surface area contributed by atoms with E-state index in [2.05, 4.69) is 20.6 Å². The molecule has 0 aliphatic heterocycles. The van der Waals surface area contributed by atoms with Crippen molar-refractivity contribution in [3.63, 3.8) is 0 Å². The summed E-state index contributed by atoms with van der Waals surface area (Å²) < 4.78 is 5.08. The lowest BCUT2D eigenvalue weighted by molar-refractivity contribution is 0.210. The maximum Gasteiger partial charge on any atom is 0.229 e. The maximum absolute atomic E-state index is 6.08. The normalized spacial score (nSPS) is 10.6. The van der Waals surface area contributed by atoms with Crippen molar-refractivity contribution in [2.45, 2.75) is 0 Å². The number of anilines is 3. The maximum atomic E-state index is 6.08. The highest BCUT2D eigenvalue weighted by molar-refractivity contribution is 6.42. The summed E-state index contributed by atoms with van der Waals surface area (Å²) in [7, 11) is 1.66. The van der Waals surface area contributed by atoms with Crippen LogP contribution in [0.2, 0.25) is 10.0 Å². The van der Waals surface area contributed by atoms with Gasteiger partial charge in [0, 0.05) is 31.0 Å². The first-order valence-electron chi connectivity index (χ1n) is 8.05. The minimum absolute atomic E-state index is 0.463. The van der Waals surface area contributed by atoms with Gasteiger partial charge in [-0.15, -0.1) is 0 Å². The molecule has 2 aromatic carbocycles. The third-order valence-corrected chi connectivity index (χ3v) is 4.32. The van der Waals surface area contributed by atoms with Crippen molar-refractivity contribution in [1.82, 2.24) is 9.97 Å². The fourth-order valence-electron chi connectivity index (χ4n) is 2.33. The van der Waals surface area contributed by atoms with Crippen LogP contribution in [-0.2, 0) is 4.74 Å². The van der Waals surface area contributed by atoms with Gasteiger partial charge in [-0.2, -0.15) is 4.98 Å². The Bertz CT molecular complexity index is 875. The second-order valence-corrected chi connectivity index (χ2v) is 6.32. The molecule has 5 nitrogen and oxygen atoms in total. The van der Waals surface area contributed by atoms with Crippen molar-refractivity contribution in [2.24, 2.45) is 0 Å². The zero-order chi connectivity index (χ0) is 18.4. The van der Waals surface area contributed by atoms with Gasteiger partial charge in [0.1, 0.15) is 5.82 Å². The van der Waals surface area contributed by atoms with Crippen molar-refractivity contribution >= 4 is 40.7 Å². The summed E-state index contributed by atoms with van der Waals surface area (Å²) in [5.41, 5.74) is 2.57. The number of nitrogens with zero attached hydrogens (tertiary/aromatic N) is 2. The number of rotatable bonds is 7. The lowest BCUT2D eigenvalue weighted by Gasteiger charge is -2.12. The zero-order valence-corrected chi connectivity index (χ0v) is 15.7. The molecule has 0 aliphatic carbocycles. The molecule has 0 saturated heterocycles. The molecule has 1 heterocycles. The van der Waals surface area contributed by atoms with Crippen molar-refractivity contribution in [3.05, 3.63) is 64.6 Å². The van der Waals surface area contributed by atoms with E-state index in [-0.39, 0.29) is 0 Å². The van der Waals surface area contributed by atoms with E-state index < -0.39 is 0 Å². The first-order valence-corrected chi connectivity index (χ1v) is 8.80. The van der Waals surface area contributed by atoms with Gasteiger partial charge in [0.05, 0.1) is 22.3 Å². The van der Waals surface area contributed by atoms with Crippen LogP contribution in [0.5, 0.6) is 0 Å². The topological polar surface area (TPSA) is 59.1 Å². The minimum Gasteiger partial charge on any atom is -0.383 e. The molecule has 0 spiro atoms. The van der Waals surface area contributed by atoms with Crippen LogP contribution >= 0.6 is 23.2 Å². The number of benzene rings is 2. The Kier molecular flexibility index (Phi) is 6.28. The highest BCUT2D eigenvalue weighted by atomic mass is 35.5. The van der Waals surface area contributed by atoms with Crippen LogP contribution in [0.25, 0.3) is 11.3 Å². The second-order valence-electron chi connectivity index (χ2n) is 5.50. The van der Waals surface area contributed by atoms with E-state index in [1.165, 1.54) is 0 Å². The van der Waals surface area contributed by atoms with Gasteiger partial charge in [-0.3, -0.25) is 0 Å². The number of aromatic nitrogens is 2. The zero-order valence-electron chi connectivity index (χ0n) is 14.2. The quantitative estimate of drug-likeness (QED) is 0.541. The van der Waals surface area contributed by atoms with Crippen LogP contribution in [-0.4, -0.2) is 30.2 Å². The van der Waals surface area contributed by atoms with E-state index in [1.807, 2.05) is 42.5 Å². The first-order chi connectivity index (χ1) is 12.7. The molecule has 0 aliphatic rings. The van der Waals surface area contributed by atoms with Gasteiger partial charge in [-0.1, -0.05) is 53.5 Å². The van der Waals surface area contributed by atoms with Crippen LogP contribution in [0, 0.1) is 0 Å². The minimum atomic E-state index is 0.463. The van der Waals surface area contributed by atoms with Crippen LogP contribution in [0.4, 0.5) is 17.5 Å². The molecule has 0 atom stereocenters. The molecule has 2 N–H and O–H groups in total. The van der Waals surface area contributed by atoms with Gasteiger partial charge in [0.15, 0.2) is 0 Å². The van der Waals surface area contributed by atoms with Crippen LogP contribution in [0.15, 0.2) is 54.6 Å². The highest BCUT2D eigenvalue weighted by Crippen LogP contribution is 2.27. The van der Waals surface area contributed by atoms with E-state index in [0.29, 0.717) is 35.0 Å². The van der Waals surface area contributed by atoms with Gasteiger partial charge < -0.3 is 15.4 Å². The summed E-state index contributed by atoms with van der Waals surface area (Å²) >= 11 is 12.1. The van der Waals surface area contributed by atoms with Crippen molar-refractivity contribution in [1.29, 1.82) is 0 Å². The van der Waals surface area contributed by atoms with Gasteiger partial charge in [-0.25, -0.2) is 4.98 Å². The molecule has 0 amide bonds. The Morgan fingerprint density at radius 1 is 0.962 bits per heavy atom. The third kappa shape index (κ3) is 4.85. The molecule has 0 saturated carbocycles. The molecular weight excluding hydrogens is 371 g/mol. The monoisotopic (exact) mass is 388 g/mol. The van der Waals surface area contributed by atoms with Crippen LogP contribution in [0.3, 0.4) is 0 Å². The Hall–Kier alpha value is -2.34. The number of hydrogen-bond donors (Lipinski definition) is 2. The molecule has 0 radical (unpaired) electrons. The molecule has 0 unspecified atom stereocenters. The number of halogens is 2. The third-order valence-electron chi connectivity index (χ3n) is 3.58. The molecule has 26 heavy (non-hydrogen) atoms. The Labute approximate surface area is 162 Å². The molecule has 0 bridgehead atoms. The Morgan fingerprint density at radius 3 is 2.50 bits per heavy atom. The van der Waals surface area contributed by atoms with E-state index in [4.69, 9.17) is 27.9 Å². The first kappa shape index (κ1) is 18.5. The number of ether oxygens (including phenoxy) is 1. The van der Waals surface area contributed by atoms with Gasteiger partial charge in [0.25, 0.3) is 0 Å². The largest absolute Gasteiger partial charge is 0.383 e.